The average Bonchev–Trinajstić information content (AvgIpc) is 3.26. The normalized spacial score (nSPS) is 19.4. The Kier molecular flexibility index (Phi) is 4.57. The van der Waals surface area contributed by atoms with Crippen LogP contribution in [-0.2, 0) is 6.54 Å². The van der Waals surface area contributed by atoms with E-state index < -0.39 is 0 Å². The van der Waals surface area contributed by atoms with Crippen molar-refractivity contribution in [2.45, 2.75) is 31.8 Å². The lowest BCUT2D eigenvalue weighted by Gasteiger charge is -2.27. The number of hydrogen-bond donors (Lipinski definition) is 1. The number of halogens is 1. The molecule has 1 aliphatic heterocycles. The molecule has 0 amide bonds. The Morgan fingerprint density at radius 1 is 1.33 bits per heavy atom. The second-order valence-electron chi connectivity index (χ2n) is 6.01. The molecule has 1 aromatic rings. The smallest absolute Gasteiger partial charge is 0.179 e. The molecule has 4 nitrogen and oxygen atoms in total. The largest absolute Gasteiger partial charge is 0.489 e. The summed E-state index contributed by atoms with van der Waals surface area (Å²) in [6, 6.07) is 4.48. The summed E-state index contributed by atoms with van der Waals surface area (Å²) in [6.45, 7) is 2.87. The maximum Gasteiger partial charge on any atom is 0.179 e. The molecule has 0 radical (unpaired) electrons. The summed E-state index contributed by atoms with van der Waals surface area (Å²) in [5.41, 5.74) is 7.06. The summed E-state index contributed by atoms with van der Waals surface area (Å²) in [6.07, 6.45) is 3.49. The maximum absolute atomic E-state index is 6.34. The molecule has 5 heteroatoms. The Hall–Kier alpha value is -0.970. The first-order valence-electron chi connectivity index (χ1n) is 7.67. The van der Waals surface area contributed by atoms with Gasteiger partial charge in [-0.1, -0.05) is 11.6 Å². The van der Waals surface area contributed by atoms with Crippen molar-refractivity contribution in [3.05, 3.63) is 22.7 Å². The van der Waals surface area contributed by atoms with E-state index in [2.05, 4.69) is 11.9 Å². The quantitative estimate of drug-likeness (QED) is 0.908. The monoisotopic (exact) mass is 310 g/mol. The second kappa shape index (κ2) is 6.42. The molecule has 0 saturated heterocycles. The zero-order valence-electron chi connectivity index (χ0n) is 12.5. The van der Waals surface area contributed by atoms with Crippen molar-refractivity contribution < 1.29 is 9.47 Å². The van der Waals surface area contributed by atoms with Gasteiger partial charge in [0.2, 0.25) is 0 Å². The minimum Gasteiger partial charge on any atom is -0.489 e. The van der Waals surface area contributed by atoms with Crippen LogP contribution in [-0.4, -0.2) is 37.7 Å². The van der Waals surface area contributed by atoms with Gasteiger partial charge in [-0.05, 0) is 43.5 Å². The standard InChI is InChI=1S/C16H23ClN2O2/c1-19(14(9-18)12-3-4-12)10-11-7-13(17)16-15(8-11)20-5-2-6-21-16/h7-8,12,14H,2-6,9-10,18H2,1H3. The van der Waals surface area contributed by atoms with Crippen LogP contribution in [0.1, 0.15) is 24.8 Å². The number of hydrogen-bond acceptors (Lipinski definition) is 4. The highest BCUT2D eigenvalue weighted by Crippen LogP contribution is 2.39. The first-order chi connectivity index (χ1) is 10.2. The van der Waals surface area contributed by atoms with Gasteiger partial charge in [-0.2, -0.15) is 0 Å². The highest BCUT2D eigenvalue weighted by Gasteiger charge is 2.32. The van der Waals surface area contributed by atoms with Gasteiger partial charge in [0, 0.05) is 25.6 Å². The minimum absolute atomic E-state index is 0.458. The predicted octanol–water partition coefficient (Wildman–Crippen LogP) is 2.67. The molecule has 0 bridgehead atoms. The second-order valence-corrected chi connectivity index (χ2v) is 6.42. The van der Waals surface area contributed by atoms with Crippen molar-refractivity contribution in [1.29, 1.82) is 0 Å². The van der Waals surface area contributed by atoms with Crippen LogP contribution in [0, 0.1) is 5.92 Å². The number of benzene rings is 1. The van der Waals surface area contributed by atoms with Crippen molar-refractivity contribution in [2.24, 2.45) is 11.7 Å². The number of rotatable bonds is 5. The van der Waals surface area contributed by atoms with E-state index in [9.17, 15) is 0 Å². The zero-order chi connectivity index (χ0) is 14.8. The van der Waals surface area contributed by atoms with Crippen LogP contribution < -0.4 is 15.2 Å². The average molecular weight is 311 g/mol. The lowest BCUT2D eigenvalue weighted by atomic mass is 10.1. The van der Waals surface area contributed by atoms with Gasteiger partial charge in [0.15, 0.2) is 11.5 Å². The van der Waals surface area contributed by atoms with Gasteiger partial charge in [0.1, 0.15) is 0 Å². The first kappa shape index (κ1) is 14.9. The Morgan fingerprint density at radius 3 is 2.81 bits per heavy atom. The van der Waals surface area contributed by atoms with E-state index in [0.29, 0.717) is 36.6 Å². The number of nitrogens with two attached hydrogens (primary N) is 1. The van der Waals surface area contributed by atoms with Gasteiger partial charge < -0.3 is 15.2 Å². The van der Waals surface area contributed by atoms with Gasteiger partial charge in [0.25, 0.3) is 0 Å². The molecule has 1 fully saturated rings. The lowest BCUT2D eigenvalue weighted by Crippen LogP contribution is -2.39. The van der Waals surface area contributed by atoms with Crippen molar-refractivity contribution in [3.63, 3.8) is 0 Å². The van der Waals surface area contributed by atoms with Crippen LogP contribution in [0.2, 0.25) is 5.02 Å². The Bertz CT molecular complexity index is 505. The number of fused-ring (bicyclic) bond motifs is 1. The summed E-state index contributed by atoms with van der Waals surface area (Å²) in [4.78, 5) is 2.33. The fourth-order valence-electron chi connectivity index (χ4n) is 2.99. The van der Waals surface area contributed by atoms with Crippen molar-refractivity contribution in [2.75, 3.05) is 26.8 Å². The third-order valence-electron chi connectivity index (χ3n) is 4.27. The van der Waals surface area contributed by atoms with Crippen LogP contribution in [0.25, 0.3) is 0 Å². The number of likely N-dealkylation sites (N-methyl/N-ethyl adjacent to an activating group) is 1. The molecule has 1 heterocycles. The summed E-state index contributed by atoms with van der Waals surface area (Å²) in [7, 11) is 2.13. The minimum atomic E-state index is 0.458. The molecule has 1 atom stereocenters. The molecule has 0 spiro atoms. The highest BCUT2D eigenvalue weighted by molar-refractivity contribution is 6.32. The van der Waals surface area contributed by atoms with Crippen molar-refractivity contribution in [1.82, 2.24) is 4.90 Å². The molecule has 0 aromatic heterocycles. The Labute approximate surface area is 131 Å². The molecule has 2 N–H and O–H groups in total. The third kappa shape index (κ3) is 3.44. The molecule has 1 aromatic carbocycles. The van der Waals surface area contributed by atoms with E-state index in [-0.39, 0.29) is 0 Å². The fraction of sp³-hybridized carbons (Fsp3) is 0.625. The predicted molar refractivity (Wildman–Crippen MR) is 84.1 cm³/mol. The summed E-state index contributed by atoms with van der Waals surface area (Å²) in [5.74, 6) is 2.20. The van der Waals surface area contributed by atoms with Gasteiger partial charge >= 0.3 is 0 Å². The number of nitrogens with zero attached hydrogens (tertiary/aromatic N) is 1. The summed E-state index contributed by atoms with van der Waals surface area (Å²) in [5, 5.41) is 0.633. The van der Waals surface area contributed by atoms with Gasteiger partial charge in [0.05, 0.1) is 18.2 Å². The van der Waals surface area contributed by atoms with Crippen LogP contribution in [0.5, 0.6) is 11.5 Å². The van der Waals surface area contributed by atoms with Gasteiger partial charge in [-0.25, -0.2) is 0 Å². The molecule has 116 valence electrons. The Balaban J connectivity index is 1.76. The van der Waals surface area contributed by atoms with E-state index in [1.54, 1.807) is 0 Å². The Morgan fingerprint density at radius 2 is 2.10 bits per heavy atom. The summed E-state index contributed by atoms with van der Waals surface area (Å²) < 4.78 is 11.4. The van der Waals surface area contributed by atoms with Gasteiger partial charge in [-0.15, -0.1) is 0 Å². The zero-order valence-corrected chi connectivity index (χ0v) is 13.2. The topological polar surface area (TPSA) is 47.7 Å². The van der Waals surface area contributed by atoms with E-state index in [1.165, 1.54) is 12.8 Å². The third-order valence-corrected chi connectivity index (χ3v) is 4.55. The lowest BCUT2D eigenvalue weighted by molar-refractivity contribution is 0.215. The molecular weight excluding hydrogens is 288 g/mol. The van der Waals surface area contributed by atoms with Crippen molar-refractivity contribution >= 4 is 11.6 Å². The van der Waals surface area contributed by atoms with Gasteiger partial charge in [-0.3, -0.25) is 4.90 Å². The fourth-order valence-corrected chi connectivity index (χ4v) is 3.28. The maximum atomic E-state index is 6.34. The van der Waals surface area contributed by atoms with Crippen LogP contribution in [0.15, 0.2) is 12.1 Å². The van der Waals surface area contributed by atoms with E-state index in [1.807, 2.05) is 12.1 Å². The molecule has 1 aliphatic carbocycles. The number of ether oxygens (including phenoxy) is 2. The van der Waals surface area contributed by atoms with E-state index in [4.69, 9.17) is 26.8 Å². The molecule has 21 heavy (non-hydrogen) atoms. The van der Waals surface area contributed by atoms with Crippen LogP contribution in [0.3, 0.4) is 0 Å². The van der Waals surface area contributed by atoms with Crippen molar-refractivity contribution in [3.8, 4) is 11.5 Å². The molecule has 1 saturated carbocycles. The van der Waals surface area contributed by atoms with E-state index >= 15 is 0 Å². The SMILES string of the molecule is CN(Cc1cc(Cl)c2c(c1)OCCCO2)C(CN)C1CC1. The molecular formula is C16H23ClN2O2. The molecule has 3 rings (SSSR count). The van der Waals surface area contributed by atoms with Crippen LogP contribution >= 0.6 is 11.6 Å². The molecule has 1 unspecified atom stereocenters. The highest BCUT2D eigenvalue weighted by atomic mass is 35.5. The first-order valence-corrected chi connectivity index (χ1v) is 8.05. The molecule has 2 aliphatic rings. The summed E-state index contributed by atoms with van der Waals surface area (Å²) >= 11 is 6.34. The van der Waals surface area contributed by atoms with Crippen LogP contribution in [0.4, 0.5) is 0 Å². The van der Waals surface area contributed by atoms with E-state index in [0.717, 1.165) is 30.2 Å².